The molecule has 0 radical (unpaired) electrons. The van der Waals surface area contributed by atoms with E-state index in [2.05, 4.69) is 5.10 Å². The summed E-state index contributed by atoms with van der Waals surface area (Å²) in [7, 11) is 0. The lowest BCUT2D eigenvalue weighted by molar-refractivity contribution is -0.297. The monoisotopic (exact) mass is 376 g/mol. The maximum Gasteiger partial charge on any atom is 0.438 e. The van der Waals surface area contributed by atoms with Crippen molar-refractivity contribution >= 4 is 11.6 Å². The van der Waals surface area contributed by atoms with E-state index in [0.29, 0.717) is 6.42 Å². The molecule has 4 nitrogen and oxygen atoms in total. The predicted molar refractivity (Wildman–Crippen MR) is 96.0 cm³/mol. The zero-order valence-corrected chi connectivity index (χ0v) is 14.7. The van der Waals surface area contributed by atoms with Crippen LogP contribution < -0.4 is 0 Å². The minimum Gasteiger partial charge on any atom is -0.362 e. The van der Waals surface area contributed by atoms with Gasteiger partial charge >= 0.3 is 6.18 Å². The molecule has 0 aromatic heterocycles. The molecule has 1 aliphatic heterocycles. The van der Waals surface area contributed by atoms with Gasteiger partial charge in [-0.2, -0.15) is 23.3 Å². The summed E-state index contributed by atoms with van der Waals surface area (Å²) in [4.78, 5) is 12.7. The first-order chi connectivity index (χ1) is 12.8. The average Bonchev–Trinajstić information content (AvgIpc) is 3.00. The largest absolute Gasteiger partial charge is 0.438 e. The van der Waals surface area contributed by atoms with Crippen LogP contribution in [0.15, 0.2) is 59.7 Å². The van der Waals surface area contributed by atoms with Crippen molar-refractivity contribution in [3.05, 3.63) is 60.2 Å². The maximum absolute atomic E-state index is 13.5. The van der Waals surface area contributed by atoms with Gasteiger partial charge in [-0.3, -0.25) is 4.79 Å². The highest BCUT2D eigenvalue weighted by molar-refractivity contribution is 5.98. The van der Waals surface area contributed by atoms with Gasteiger partial charge in [-0.1, -0.05) is 55.8 Å². The van der Waals surface area contributed by atoms with Gasteiger partial charge in [-0.25, -0.2) is 0 Å². The second-order valence-electron chi connectivity index (χ2n) is 6.47. The molecule has 1 N–H and O–H groups in total. The average molecular weight is 376 g/mol. The van der Waals surface area contributed by atoms with Gasteiger partial charge in [-0.15, -0.1) is 0 Å². The SMILES string of the molecule is CCCC1=NN(C(=O)c2ccc(-c3ccccc3)cc2)[C@@](O)(C(F)(F)F)C1. The van der Waals surface area contributed by atoms with E-state index in [0.717, 1.165) is 11.1 Å². The van der Waals surface area contributed by atoms with Crippen molar-refractivity contribution in [2.45, 2.75) is 38.1 Å². The Morgan fingerprint density at radius 1 is 1.11 bits per heavy atom. The van der Waals surface area contributed by atoms with E-state index in [1.165, 1.54) is 12.1 Å². The summed E-state index contributed by atoms with van der Waals surface area (Å²) in [6.07, 6.45) is -4.88. The van der Waals surface area contributed by atoms with Gasteiger partial charge in [0.25, 0.3) is 11.6 Å². The Morgan fingerprint density at radius 3 is 2.26 bits per heavy atom. The standard InChI is InChI=1S/C20H19F3N2O2/c1-2-6-17-13-19(27,20(21,22)23)25(24-17)18(26)16-11-9-15(10-12-16)14-7-4-3-5-8-14/h3-5,7-12,27H,2,6,13H2,1H3/t19-/m0/s1. The molecule has 2 aromatic rings. The Kier molecular flexibility index (Phi) is 5.06. The molecule has 0 saturated heterocycles. The zero-order valence-electron chi connectivity index (χ0n) is 14.7. The van der Waals surface area contributed by atoms with E-state index < -0.39 is 24.2 Å². The molecule has 0 fully saturated rings. The lowest BCUT2D eigenvalue weighted by atomic mass is 10.0. The van der Waals surface area contributed by atoms with Crippen LogP contribution in [0, 0.1) is 0 Å². The lowest BCUT2D eigenvalue weighted by Gasteiger charge is -2.32. The lowest BCUT2D eigenvalue weighted by Crippen LogP contribution is -2.56. The fourth-order valence-electron chi connectivity index (χ4n) is 3.04. The van der Waals surface area contributed by atoms with Crippen molar-refractivity contribution < 1.29 is 23.1 Å². The van der Waals surface area contributed by atoms with Gasteiger partial charge in [0, 0.05) is 17.7 Å². The van der Waals surface area contributed by atoms with Crippen LogP contribution in [-0.2, 0) is 0 Å². The van der Waals surface area contributed by atoms with Gasteiger partial charge in [0.05, 0.1) is 0 Å². The number of hydrazone groups is 1. The summed E-state index contributed by atoms with van der Waals surface area (Å²) in [5, 5.41) is 14.2. The third kappa shape index (κ3) is 3.60. The molecule has 0 aliphatic carbocycles. The van der Waals surface area contributed by atoms with Crippen LogP contribution in [0.25, 0.3) is 11.1 Å². The summed E-state index contributed by atoms with van der Waals surface area (Å²) in [5.74, 6) is -0.986. The van der Waals surface area contributed by atoms with Crippen LogP contribution in [0.3, 0.4) is 0 Å². The molecule has 1 heterocycles. The zero-order chi connectivity index (χ0) is 19.7. The molecule has 142 valence electrons. The summed E-state index contributed by atoms with van der Waals surface area (Å²) in [6.45, 7) is 1.79. The van der Waals surface area contributed by atoms with Crippen LogP contribution in [0.2, 0.25) is 0 Å². The second-order valence-corrected chi connectivity index (χ2v) is 6.47. The minimum absolute atomic E-state index is 0.0267. The van der Waals surface area contributed by atoms with Crippen LogP contribution in [0.5, 0.6) is 0 Å². The first-order valence-corrected chi connectivity index (χ1v) is 8.62. The van der Waals surface area contributed by atoms with Crippen molar-refractivity contribution in [2.75, 3.05) is 0 Å². The fraction of sp³-hybridized carbons (Fsp3) is 0.300. The third-order valence-electron chi connectivity index (χ3n) is 4.47. The van der Waals surface area contributed by atoms with Crippen molar-refractivity contribution in [3.63, 3.8) is 0 Å². The van der Waals surface area contributed by atoms with Crippen LogP contribution >= 0.6 is 0 Å². The summed E-state index contributed by atoms with van der Waals surface area (Å²) >= 11 is 0. The van der Waals surface area contributed by atoms with Gasteiger partial charge in [0.2, 0.25) is 0 Å². The van der Waals surface area contributed by atoms with Gasteiger partial charge in [0.1, 0.15) is 0 Å². The van der Waals surface area contributed by atoms with E-state index in [1.807, 2.05) is 30.3 Å². The van der Waals surface area contributed by atoms with Gasteiger partial charge in [-0.05, 0) is 29.7 Å². The molecule has 1 amide bonds. The highest BCUT2D eigenvalue weighted by Crippen LogP contribution is 2.41. The summed E-state index contributed by atoms with van der Waals surface area (Å²) < 4.78 is 40.4. The molecular weight excluding hydrogens is 357 g/mol. The van der Waals surface area contributed by atoms with Gasteiger partial charge in [0.15, 0.2) is 0 Å². The number of hydrogen-bond acceptors (Lipinski definition) is 3. The molecule has 27 heavy (non-hydrogen) atoms. The fourth-order valence-corrected chi connectivity index (χ4v) is 3.04. The Morgan fingerprint density at radius 2 is 1.70 bits per heavy atom. The number of carbonyl (C=O) groups excluding carboxylic acids is 1. The number of carbonyl (C=O) groups is 1. The van der Waals surface area contributed by atoms with E-state index >= 15 is 0 Å². The van der Waals surface area contributed by atoms with E-state index in [1.54, 1.807) is 19.1 Å². The molecule has 1 atom stereocenters. The first-order valence-electron chi connectivity index (χ1n) is 8.62. The number of aliphatic hydroxyl groups is 1. The Hall–Kier alpha value is -2.67. The molecule has 0 unspecified atom stereocenters. The van der Waals surface area contributed by atoms with Crippen molar-refractivity contribution in [1.82, 2.24) is 5.01 Å². The molecule has 0 bridgehead atoms. The molecular formula is C20H19F3N2O2. The molecule has 3 rings (SSSR count). The first kappa shape index (κ1) is 19.1. The molecule has 0 spiro atoms. The van der Waals surface area contributed by atoms with Crippen LogP contribution in [0.4, 0.5) is 13.2 Å². The van der Waals surface area contributed by atoms with E-state index in [4.69, 9.17) is 0 Å². The number of amides is 1. The molecule has 2 aromatic carbocycles. The predicted octanol–water partition coefficient (Wildman–Crippen LogP) is 4.61. The second kappa shape index (κ2) is 7.15. The number of halogens is 3. The Balaban J connectivity index is 1.91. The topological polar surface area (TPSA) is 52.9 Å². The highest BCUT2D eigenvalue weighted by Gasteiger charge is 2.63. The van der Waals surface area contributed by atoms with Crippen molar-refractivity contribution in [1.29, 1.82) is 0 Å². The minimum atomic E-state index is -5.01. The Bertz CT molecular complexity index is 848. The molecule has 7 heteroatoms. The number of rotatable bonds is 4. The van der Waals surface area contributed by atoms with Crippen molar-refractivity contribution in [2.24, 2.45) is 5.10 Å². The number of hydrogen-bond donors (Lipinski definition) is 1. The summed E-state index contributed by atoms with van der Waals surface area (Å²) in [5.41, 5.74) is -1.37. The van der Waals surface area contributed by atoms with E-state index in [-0.39, 0.29) is 22.7 Å². The van der Waals surface area contributed by atoms with Crippen molar-refractivity contribution in [3.8, 4) is 11.1 Å². The van der Waals surface area contributed by atoms with Crippen LogP contribution in [0.1, 0.15) is 36.5 Å². The molecule has 1 aliphatic rings. The highest BCUT2D eigenvalue weighted by atomic mass is 19.4. The summed E-state index contributed by atoms with van der Waals surface area (Å²) in [6, 6.07) is 15.6. The third-order valence-corrected chi connectivity index (χ3v) is 4.47. The van der Waals surface area contributed by atoms with E-state index in [9.17, 15) is 23.1 Å². The number of nitrogens with zero attached hydrogens (tertiary/aromatic N) is 2. The number of benzene rings is 2. The Labute approximate surface area is 154 Å². The smallest absolute Gasteiger partial charge is 0.362 e. The molecule has 0 saturated carbocycles. The normalized spacial score (nSPS) is 19.9. The maximum atomic E-state index is 13.5. The number of alkyl halides is 3. The quantitative estimate of drug-likeness (QED) is 0.847. The van der Waals surface area contributed by atoms with Crippen LogP contribution in [-0.4, -0.2) is 33.6 Å². The van der Waals surface area contributed by atoms with Gasteiger partial charge < -0.3 is 5.11 Å².